The zero-order chi connectivity index (χ0) is 18.1. The number of likely N-dealkylation sites (N-methyl/N-ethyl adjacent to an activating group) is 1. The van der Waals surface area contributed by atoms with Crippen LogP contribution in [0.2, 0.25) is 0 Å². The monoisotopic (exact) mass is 397 g/mol. The van der Waals surface area contributed by atoms with Gasteiger partial charge in [-0.2, -0.15) is 0 Å². The molecule has 1 amide bonds. The zero-order valence-corrected chi connectivity index (χ0v) is 17.3. The largest absolute Gasteiger partial charge is 0.478 e. The van der Waals surface area contributed by atoms with Crippen molar-refractivity contribution in [3.05, 3.63) is 35.9 Å². The molecule has 0 unspecified atom stereocenters. The lowest BCUT2D eigenvalue weighted by atomic mass is 10.1. The lowest BCUT2D eigenvalue weighted by molar-refractivity contribution is 0.0950. The number of para-hydroxylation sites is 1. The summed E-state index contributed by atoms with van der Waals surface area (Å²) in [4.78, 5) is 19.5. The van der Waals surface area contributed by atoms with Crippen LogP contribution in [-0.4, -0.2) is 54.1 Å². The summed E-state index contributed by atoms with van der Waals surface area (Å²) in [6, 6.07) is 9.44. The standard InChI is InChI=1S/C20H29N3O2.ClH.H2O/c1-4-7-14-25-19-15-17(16-10-8-9-11-18(16)22-19)20(24)21-12-13-23(5-2)6-3;;/h8-11,15H,4-7,12-14H2,1-3H3,(H,21,24);1H;1H2. The summed E-state index contributed by atoms with van der Waals surface area (Å²) >= 11 is 0. The maximum atomic E-state index is 12.7. The number of carbonyl (C=O) groups is 1. The van der Waals surface area contributed by atoms with Crippen LogP contribution in [-0.2, 0) is 0 Å². The van der Waals surface area contributed by atoms with Crippen molar-refractivity contribution in [3.63, 3.8) is 0 Å². The van der Waals surface area contributed by atoms with Crippen LogP contribution in [0, 0.1) is 0 Å². The number of benzene rings is 1. The van der Waals surface area contributed by atoms with E-state index in [1.807, 2.05) is 24.3 Å². The molecule has 3 N–H and O–H groups in total. The first-order valence-corrected chi connectivity index (χ1v) is 9.22. The molecule has 152 valence electrons. The van der Waals surface area contributed by atoms with Crippen molar-refractivity contribution in [2.75, 3.05) is 32.8 Å². The number of pyridine rings is 1. The molecule has 0 aliphatic heterocycles. The fourth-order valence-corrected chi connectivity index (χ4v) is 2.70. The highest BCUT2D eigenvalue weighted by Gasteiger charge is 2.13. The molecule has 0 radical (unpaired) electrons. The zero-order valence-electron chi connectivity index (χ0n) is 16.5. The van der Waals surface area contributed by atoms with E-state index in [0.29, 0.717) is 24.6 Å². The van der Waals surface area contributed by atoms with Gasteiger partial charge in [0.05, 0.1) is 17.7 Å². The van der Waals surface area contributed by atoms with Gasteiger partial charge in [0.25, 0.3) is 5.91 Å². The van der Waals surface area contributed by atoms with Gasteiger partial charge in [0.1, 0.15) is 0 Å². The van der Waals surface area contributed by atoms with E-state index in [4.69, 9.17) is 4.74 Å². The topological polar surface area (TPSA) is 86.0 Å². The van der Waals surface area contributed by atoms with Crippen LogP contribution < -0.4 is 10.1 Å². The average Bonchev–Trinajstić information content (AvgIpc) is 2.64. The van der Waals surface area contributed by atoms with Gasteiger partial charge in [-0.3, -0.25) is 4.79 Å². The smallest absolute Gasteiger partial charge is 0.252 e. The Hall–Kier alpha value is -1.89. The van der Waals surface area contributed by atoms with Gasteiger partial charge in [-0.05, 0) is 25.6 Å². The molecule has 0 aliphatic carbocycles. The predicted octanol–water partition coefficient (Wildman–Crippen LogP) is 3.08. The molecule has 1 aromatic heterocycles. The number of hydrogen-bond acceptors (Lipinski definition) is 4. The molecule has 0 bridgehead atoms. The van der Waals surface area contributed by atoms with E-state index in [1.165, 1.54) is 0 Å². The Kier molecular flexibility index (Phi) is 12.4. The van der Waals surface area contributed by atoms with Gasteiger partial charge in [-0.1, -0.05) is 45.4 Å². The number of unbranched alkanes of at least 4 members (excludes halogenated alkanes) is 1. The van der Waals surface area contributed by atoms with Crippen LogP contribution >= 0.6 is 12.4 Å². The Morgan fingerprint density at radius 2 is 1.89 bits per heavy atom. The Labute approximate surface area is 168 Å². The first kappa shape index (κ1) is 25.1. The number of halogens is 1. The number of hydrogen-bond donors (Lipinski definition) is 1. The Balaban J connectivity index is 0.00000338. The van der Waals surface area contributed by atoms with Crippen molar-refractivity contribution >= 4 is 29.2 Å². The summed E-state index contributed by atoms with van der Waals surface area (Å²) in [7, 11) is 0. The van der Waals surface area contributed by atoms with E-state index < -0.39 is 0 Å². The van der Waals surface area contributed by atoms with Crippen LogP contribution in [0.5, 0.6) is 5.88 Å². The van der Waals surface area contributed by atoms with E-state index >= 15 is 0 Å². The molecule has 2 aromatic rings. The molecule has 1 heterocycles. The van der Waals surface area contributed by atoms with E-state index in [1.54, 1.807) is 6.07 Å². The highest BCUT2D eigenvalue weighted by Crippen LogP contribution is 2.22. The predicted molar refractivity (Wildman–Crippen MR) is 113 cm³/mol. The van der Waals surface area contributed by atoms with Crippen molar-refractivity contribution < 1.29 is 15.0 Å². The van der Waals surface area contributed by atoms with Gasteiger partial charge < -0.3 is 20.4 Å². The SMILES string of the molecule is CCCCOc1cc(C(=O)NCCN(CC)CC)c2ccccc2n1.Cl.O. The fraction of sp³-hybridized carbons (Fsp3) is 0.500. The van der Waals surface area contributed by atoms with Gasteiger partial charge in [-0.25, -0.2) is 4.98 Å². The molecular weight excluding hydrogens is 366 g/mol. The lowest BCUT2D eigenvalue weighted by Crippen LogP contribution is -2.34. The highest BCUT2D eigenvalue weighted by atomic mass is 35.5. The number of ether oxygens (including phenoxy) is 1. The van der Waals surface area contributed by atoms with Crippen LogP contribution in [0.4, 0.5) is 0 Å². The van der Waals surface area contributed by atoms with E-state index in [2.05, 4.69) is 36.0 Å². The van der Waals surface area contributed by atoms with Gasteiger partial charge in [-0.15, -0.1) is 12.4 Å². The highest BCUT2D eigenvalue weighted by molar-refractivity contribution is 6.06. The maximum Gasteiger partial charge on any atom is 0.252 e. The van der Waals surface area contributed by atoms with Crippen LogP contribution in [0.3, 0.4) is 0 Å². The van der Waals surface area contributed by atoms with Gasteiger partial charge in [0, 0.05) is 24.5 Å². The van der Waals surface area contributed by atoms with Crippen LogP contribution in [0.25, 0.3) is 10.9 Å². The van der Waals surface area contributed by atoms with Crippen LogP contribution in [0.15, 0.2) is 30.3 Å². The first-order valence-electron chi connectivity index (χ1n) is 9.22. The number of fused-ring (bicyclic) bond motifs is 1. The van der Waals surface area contributed by atoms with Crippen molar-refractivity contribution in [1.82, 2.24) is 15.2 Å². The second kappa shape index (κ2) is 13.3. The summed E-state index contributed by atoms with van der Waals surface area (Å²) in [6.07, 6.45) is 2.03. The van der Waals surface area contributed by atoms with Gasteiger partial charge in [0.15, 0.2) is 0 Å². The molecule has 6 nitrogen and oxygen atoms in total. The van der Waals surface area contributed by atoms with Crippen molar-refractivity contribution in [2.45, 2.75) is 33.6 Å². The molecule has 0 saturated heterocycles. The molecule has 0 aliphatic rings. The summed E-state index contributed by atoms with van der Waals surface area (Å²) in [6.45, 7) is 10.4. The Morgan fingerprint density at radius 1 is 1.19 bits per heavy atom. The normalized spacial score (nSPS) is 10.2. The fourth-order valence-electron chi connectivity index (χ4n) is 2.70. The lowest BCUT2D eigenvalue weighted by Gasteiger charge is -2.18. The molecular formula is C20H32ClN3O3. The second-order valence-corrected chi connectivity index (χ2v) is 6.01. The summed E-state index contributed by atoms with van der Waals surface area (Å²) in [5.41, 5.74) is 1.40. The van der Waals surface area contributed by atoms with Gasteiger partial charge in [0.2, 0.25) is 5.88 Å². The molecule has 1 aromatic carbocycles. The third-order valence-corrected chi connectivity index (χ3v) is 4.29. The van der Waals surface area contributed by atoms with E-state index in [0.717, 1.165) is 43.4 Å². The van der Waals surface area contributed by atoms with Crippen LogP contribution in [0.1, 0.15) is 44.0 Å². The van der Waals surface area contributed by atoms with Crippen molar-refractivity contribution in [1.29, 1.82) is 0 Å². The molecule has 0 atom stereocenters. The molecule has 7 heteroatoms. The van der Waals surface area contributed by atoms with E-state index in [9.17, 15) is 4.79 Å². The number of rotatable bonds is 10. The molecule has 0 saturated carbocycles. The molecule has 0 spiro atoms. The Morgan fingerprint density at radius 3 is 2.56 bits per heavy atom. The number of carbonyl (C=O) groups excluding carboxylic acids is 1. The Bertz CT molecular complexity index is 693. The second-order valence-electron chi connectivity index (χ2n) is 6.01. The number of aromatic nitrogens is 1. The summed E-state index contributed by atoms with van der Waals surface area (Å²) in [5.74, 6) is 0.437. The van der Waals surface area contributed by atoms with Crippen molar-refractivity contribution in [2.24, 2.45) is 0 Å². The summed E-state index contributed by atoms with van der Waals surface area (Å²) in [5, 5.41) is 3.87. The molecule has 0 fully saturated rings. The number of nitrogens with zero attached hydrogens (tertiary/aromatic N) is 2. The third-order valence-electron chi connectivity index (χ3n) is 4.29. The average molecular weight is 398 g/mol. The first-order chi connectivity index (χ1) is 12.2. The van der Waals surface area contributed by atoms with E-state index in [-0.39, 0.29) is 23.8 Å². The minimum absolute atomic E-state index is 0. The quantitative estimate of drug-likeness (QED) is 0.624. The van der Waals surface area contributed by atoms with Gasteiger partial charge >= 0.3 is 0 Å². The molecule has 27 heavy (non-hydrogen) atoms. The maximum absolute atomic E-state index is 12.7. The molecule has 2 rings (SSSR count). The minimum atomic E-state index is -0.0777. The number of amides is 1. The number of nitrogens with one attached hydrogen (secondary N) is 1. The van der Waals surface area contributed by atoms with Crippen molar-refractivity contribution in [3.8, 4) is 5.88 Å². The minimum Gasteiger partial charge on any atom is -0.478 e. The summed E-state index contributed by atoms with van der Waals surface area (Å²) < 4.78 is 5.72. The third kappa shape index (κ3) is 7.33.